The van der Waals surface area contributed by atoms with Gasteiger partial charge in [0.25, 0.3) is 0 Å². The molecule has 2 fully saturated rings. The summed E-state index contributed by atoms with van der Waals surface area (Å²) >= 11 is 0. The fraction of sp³-hybridized carbons (Fsp3) is 0.615. The van der Waals surface area contributed by atoms with Crippen molar-refractivity contribution in [3.8, 4) is 0 Å². The fourth-order valence-electron chi connectivity index (χ4n) is 3.12. The summed E-state index contributed by atoms with van der Waals surface area (Å²) in [6.45, 7) is 2.74. The number of rotatable bonds is 3. The molecule has 1 saturated heterocycles. The van der Waals surface area contributed by atoms with Crippen LogP contribution in [-0.4, -0.2) is 35.2 Å². The van der Waals surface area contributed by atoms with Gasteiger partial charge in [0.05, 0.1) is 12.7 Å². The summed E-state index contributed by atoms with van der Waals surface area (Å²) in [5.74, 6) is 6.28. The Morgan fingerprint density at radius 1 is 1.50 bits per heavy atom. The number of fused-ring (bicyclic) bond motifs is 1. The average molecular weight is 248 g/mol. The minimum Gasteiger partial charge on any atom is -0.375 e. The van der Waals surface area contributed by atoms with Gasteiger partial charge in [0.15, 0.2) is 0 Å². The molecule has 1 aromatic rings. The summed E-state index contributed by atoms with van der Waals surface area (Å²) in [5.41, 5.74) is 3.84. The van der Waals surface area contributed by atoms with Gasteiger partial charge in [0.1, 0.15) is 5.82 Å². The predicted octanol–water partition coefficient (Wildman–Crippen LogP) is 1.12. The Morgan fingerprint density at radius 3 is 3.33 bits per heavy atom. The molecule has 2 atom stereocenters. The van der Waals surface area contributed by atoms with Gasteiger partial charge in [-0.1, -0.05) is 6.07 Å². The highest BCUT2D eigenvalue weighted by molar-refractivity contribution is 5.42. The molecule has 2 aliphatic rings. The van der Waals surface area contributed by atoms with Crippen LogP contribution in [0.25, 0.3) is 0 Å². The Labute approximate surface area is 107 Å². The number of pyridine rings is 1. The summed E-state index contributed by atoms with van der Waals surface area (Å²) in [6, 6.07) is 4.62. The first-order valence-electron chi connectivity index (χ1n) is 6.64. The van der Waals surface area contributed by atoms with E-state index in [1.807, 2.05) is 6.07 Å². The lowest BCUT2D eigenvalue weighted by Gasteiger charge is -2.37. The highest BCUT2D eigenvalue weighted by atomic mass is 16.5. The topological polar surface area (TPSA) is 63.4 Å². The van der Waals surface area contributed by atoms with E-state index in [0.717, 1.165) is 31.1 Å². The number of nitrogens with two attached hydrogens (primary N) is 1. The maximum atomic E-state index is 5.83. The van der Waals surface area contributed by atoms with Gasteiger partial charge in [0, 0.05) is 30.9 Å². The van der Waals surface area contributed by atoms with E-state index < -0.39 is 0 Å². The lowest BCUT2D eigenvalue weighted by atomic mass is 10.1. The van der Waals surface area contributed by atoms with Crippen LogP contribution in [0, 0.1) is 0 Å². The summed E-state index contributed by atoms with van der Waals surface area (Å²) in [5, 5.41) is 0. The van der Waals surface area contributed by atoms with Gasteiger partial charge >= 0.3 is 0 Å². The van der Waals surface area contributed by atoms with Gasteiger partial charge < -0.3 is 10.2 Å². The number of nitrogens with one attached hydrogen (secondary N) is 1. The molecule has 0 aromatic carbocycles. The van der Waals surface area contributed by atoms with E-state index in [4.69, 9.17) is 10.6 Å². The predicted molar refractivity (Wildman–Crippen MR) is 69.8 cm³/mol. The molecule has 0 amide bonds. The summed E-state index contributed by atoms with van der Waals surface area (Å²) in [7, 11) is 0. The molecule has 1 saturated carbocycles. The average Bonchev–Trinajstić information content (AvgIpc) is 2.89. The van der Waals surface area contributed by atoms with E-state index in [2.05, 4.69) is 21.4 Å². The van der Waals surface area contributed by atoms with Crippen LogP contribution < -0.4 is 11.3 Å². The van der Waals surface area contributed by atoms with Crippen molar-refractivity contribution in [2.45, 2.75) is 38.0 Å². The standard InChI is InChI=1S/C13H20N4O/c14-16-13-10(3-2-6-15-13)9-17-7-8-18-12-5-1-4-11(12)17/h2-3,6,11-12H,1,4-5,7-9,14H2,(H,15,16). The summed E-state index contributed by atoms with van der Waals surface area (Å²) in [6.07, 6.45) is 5.92. The number of hydrogen-bond acceptors (Lipinski definition) is 5. The van der Waals surface area contributed by atoms with Crippen LogP contribution in [0.15, 0.2) is 18.3 Å². The molecule has 3 N–H and O–H groups in total. The second kappa shape index (κ2) is 5.22. The molecular weight excluding hydrogens is 228 g/mol. The molecule has 98 valence electrons. The minimum absolute atomic E-state index is 0.435. The first-order valence-corrected chi connectivity index (χ1v) is 6.64. The van der Waals surface area contributed by atoms with Crippen LogP contribution in [-0.2, 0) is 11.3 Å². The zero-order chi connectivity index (χ0) is 12.4. The molecule has 5 heteroatoms. The van der Waals surface area contributed by atoms with Crippen molar-refractivity contribution in [3.05, 3.63) is 23.9 Å². The van der Waals surface area contributed by atoms with Gasteiger partial charge in [-0.15, -0.1) is 0 Å². The highest BCUT2D eigenvalue weighted by Crippen LogP contribution is 2.31. The Kier molecular flexibility index (Phi) is 3.45. The van der Waals surface area contributed by atoms with Crippen molar-refractivity contribution >= 4 is 5.82 Å². The van der Waals surface area contributed by atoms with Crippen molar-refractivity contribution in [1.29, 1.82) is 0 Å². The molecule has 18 heavy (non-hydrogen) atoms. The van der Waals surface area contributed by atoms with E-state index in [9.17, 15) is 0 Å². The maximum absolute atomic E-state index is 5.83. The maximum Gasteiger partial charge on any atom is 0.144 e. The lowest BCUT2D eigenvalue weighted by molar-refractivity contribution is -0.0587. The number of nitrogen functional groups attached to an aromatic ring is 1. The van der Waals surface area contributed by atoms with Crippen molar-refractivity contribution in [2.24, 2.45) is 5.84 Å². The molecule has 2 heterocycles. The van der Waals surface area contributed by atoms with Crippen molar-refractivity contribution in [1.82, 2.24) is 9.88 Å². The SMILES string of the molecule is NNc1ncccc1CN1CCOC2CCCC21. The van der Waals surface area contributed by atoms with Crippen molar-refractivity contribution in [2.75, 3.05) is 18.6 Å². The number of hydrazine groups is 1. The third kappa shape index (κ3) is 2.21. The molecule has 3 rings (SSSR count). The zero-order valence-corrected chi connectivity index (χ0v) is 10.5. The molecule has 0 bridgehead atoms. The first kappa shape index (κ1) is 11.9. The molecule has 5 nitrogen and oxygen atoms in total. The molecular formula is C13H20N4O. The van der Waals surface area contributed by atoms with E-state index in [1.54, 1.807) is 6.20 Å². The second-order valence-corrected chi connectivity index (χ2v) is 5.03. The molecule has 0 radical (unpaired) electrons. The van der Waals surface area contributed by atoms with Crippen LogP contribution in [0.2, 0.25) is 0 Å². The van der Waals surface area contributed by atoms with Crippen LogP contribution in [0.4, 0.5) is 5.82 Å². The van der Waals surface area contributed by atoms with E-state index in [1.165, 1.54) is 19.3 Å². The molecule has 0 spiro atoms. The number of ether oxygens (including phenoxy) is 1. The van der Waals surface area contributed by atoms with Gasteiger partial charge in [-0.3, -0.25) is 4.90 Å². The third-order valence-electron chi connectivity index (χ3n) is 4.00. The molecule has 1 aliphatic heterocycles. The minimum atomic E-state index is 0.435. The Hall–Kier alpha value is -1.17. The van der Waals surface area contributed by atoms with Crippen molar-refractivity contribution < 1.29 is 4.74 Å². The van der Waals surface area contributed by atoms with E-state index in [0.29, 0.717) is 12.1 Å². The number of aromatic nitrogens is 1. The van der Waals surface area contributed by atoms with Crippen LogP contribution in [0.3, 0.4) is 0 Å². The van der Waals surface area contributed by atoms with Gasteiger partial charge in [-0.05, 0) is 25.3 Å². The fourth-order valence-corrected chi connectivity index (χ4v) is 3.12. The molecule has 1 aliphatic carbocycles. The van der Waals surface area contributed by atoms with Gasteiger partial charge in [0.2, 0.25) is 0 Å². The monoisotopic (exact) mass is 248 g/mol. The normalized spacial score (nSPS) is 28.1. The van der Waals surface area contributed by atoms with Crippen LogP contribution >= 0.6 is 0 Å². The highest BCUT2D eigenvalue weighted by Gasteiger charge is 2.36. The second-order valence-electron chi connectivity index (χ2n) is 5.03. The quantitative estimate of drug-likeness (QED) is 0.620. The van der Waals surface area contributed by atoms with E-state index >= 15 is 0 Å². The zero-order valence-electron chi connectivity index (χ0n) is 10.5. The van der Waals surface area contributed by atoms with Crippen LogP contribution in [0.1, 0.15) is 24.8 Å². The smallest absolute Gasteiger partial charge is 0.144 e. The number of nitrogens with zero attached hydrogens (tertiary/aromatic N) is 2. The van der Waals surface area contributed by atoms with Crippen molar-refractivity contribution in [3.63, 3.8) is 0 Å². The Bertz CT molecular complexity index is 412. The van der Waals surface area contributed by atoms with Gasteiger partial charge in [-0.25, -0.2) is 10.8 Å². The number of anilines is 1. The molecule has 1 aromatic heterocycles. The third-order valence-corrected chi connectivity index (χ3v) is 4.00. The van der Waals surface area contributed by atoms with Crippen LogP contribution in [0.5, 0.6) is 0 Å². The number of morpholine rings is 1. The largest absolute Gasteiger partial charge is 0.375 e. The number of hydrogen-bond donors (Lipinski definition) is 2. The Morgan fingerprint density at radius 2 is 2.44 bits per heavy atom. The van der Waals surface area contributed by atoms with Gasteiger partial charge in [-0.2, -0.15) is 0 Å². The summed E-state index contributed by atoms with van der Waals surface area (Å²) in [4.78, 5) is 6.77. The molecule has 2 unspecified atom stereocenters. The lowest BCUT2D eigenvalue weighted by Crippen LogP contribution is -2.47. The Balaban J connectivity index is 1.75. The summed E-state index contributed by atoms with van der Waals surface area (Å²) < 4.78 is 5.83. The van der Waals surface area contributed by atoms with E-state index in [-0.39, 0.29) is 0 Å². The first-order chi connectivity index (χ1) is 8.88.